The SMILES string of the molecule is CCn1ncc(CN(C)C(=O)[C@@]2(c3ccccc3Cl)C[C@@H]3CCC(=O)N3C2)c1C. The molecule has 0 aliphatic carbocycles. The Balaban J connectivity index is 1.68. The average molecular weight is 415 g/mol. The number of rotatable bonds is 5. The predicted molar refractivity (Wildman–Crippen MR) is 112 cm³/mol. The first-order chi connectivity index (χ1) is 13.9. The minimum absolute atomic E-state index is 0.0106. The van der Waals surface area contributed by atoms with E-state index in [1.165, 1.54) is 0 Å². The second-order valence-electron chi connectivity index (χ2n) is 8.21. The van der Waals surface area contributed by atoms with Gasteiger partial charge in [-0.2, -0.15) is 5.10 Å². The second-order valence-corrected chi connectivity index (χ2v) is 8.62. The summed E-state index contributed by atoms with van der Waals surface area (Å²) >= 11 is 6.56. The highest BCUT2D eigenvalue weighted by Gasteiger charge is 2.55. The Kier molecular flexibility index (Phi) is 5.15. The quantitative estimate of drug-likeness (QED) is 0.755. The van der Waals surface area contributed by atoms with Crippen LogP contribution in [-0.4, -0.2) is 51.0 Å². The Morgan fingerprint density at radius 2 is 2.14 bits per heavy atom. The van der Waals surface area contributed by atoms with Crippen LogP contribution in [0.4, 0.5) is 0 Å². The highest BCUT2D eigenvalue weighted by atomic mass is 35.5. The van der Waals surface area contributed by atoms with E-state index >= 15 is 0 Å². The van der Waals surface area contributed by atoms with Gasteiger partial charge in [0.15, 0.2) is 0 Å². The first kappa shape index (κ1) is 20.0. The number of carbonyl (C=O) groups is 2. The fraction of sp³-hybridized carbons (Fsp3) is 0.500. The molecule has 154 valence electrons. The smallest absolute Gasteiger partial charge is 0.235 e. The fourth-order valence-electron chi connectivity index (χ4n) is 4.95. The average Bonchev–Trinajstić information content (AvgIpc) is 3.37. The Morgan fingerprint density at radius 1 is 1.38 bits per heavy atom. The third kappa shape index (κ3) is 3.23. The maximum Gasteiger partial charge on any atom is 0.235 e. The maximum absolute atomic E-state index is 13.9. The number of aromatic nitrogens is 2. The van der Waals surface area contributed by atoms with Gasteiger partial charge in [-0.15, -0.1) is 0 Å². The summed E-state index contributed by atoms with van der Waals surface area (Å²) in [6, 6.07) is 7.66. The zero-order valence-corrected chi connectivity index (χ0v) is 17.9. The number of amides is 2. The number of nitrogens with zero attached hydrogens (tertiary/aromatic N) is 4. The highest BCUT2D eigenvalue weighted by Crippen LogP contribution is 2.46. The second kappa shape index (κ2) is 7.48. The van der Waals surface area contributed by atoms with E-state index in [2.05, 4.69) is 5.10 Å². The number of aryl methyl sites for hydroxylation is 1. The summed E-state index contributed by atoms with van der Waals surface area (Å²) in [7, 11) is 1.83. The number of halogens is 1. The molecule has 0 radical (unpaired) electrons. The molecule has 2 fully saturated rings. The minimum atomic E-state index is -0.803. The lowest BCUT2D eigenvalue weighted by molar-refractivity contribution is -0.137. The normalized spacial score (nSPS) is 23.5. The lowest BCUT2D eigenvalue weighted by atomic mass is 9.76. The van der Waals surface area contributed by atoms with Crippen LogP contribution < -0.4 is 0 Å². The van der Waals surface area contributed by atoms with E-state index in [0.29, 0.717) is 31.0 Å². The Bertz CT molecular complexity index is 956. The van der Waals surface area contributed by atoms with Gasteiger partial charge in [0.25, 0.3) is 0 Å². The van der Waals surface area contributed by atoms with Crippen molar-refractivity contribution < 1.29 is 9.59 Å². The van der Waals surface area contributed by atoms with Crippen molar-refractivity contribution >= 4 is 23.4 Å². The largest absolute Gasteiger partial charge is 0.340 e. The molecule has 0 spiro atoms. The van der Waals surface area contributed by atoms with Gasteiger partial charge in [0.1, 0.15) is 0 Å². The molecule has 2 aromatic rings. The Hall–Kier alpha value is -2.34. The van der Waals surface area contributed by atoms with Crippen LogP contribution >= 0.6 is 11.6 Å². The number of hydrogen-bond acceptors (Lipinski definition) is 3. The monoisotopic (exact) mass is 414 g/mol. The summed E-state index contributed by atoms with van der Waals surface area (Å²) in [4.78, 5) is 29.9. The minimum Gasteiger partial charge on any atom is -0.340 e. The van der Waals surface area contributed by atoms with E-state index < -0.39 is 5.41 Å². The number of hydrogen-bond donors (Lipinski definition) is 0. The molecule has 2 saturated heterocycles. The third-order valence-corrected chi connectivity index (χ3v) is 6.86. The van der Waals surface area contributed by atoms with Gasteiger partial charge in [0, 0.05) is 55.4 Å². The van der Waals surface area contributed by atoms with Crippen molar-refractivity contribution in [3.05, 3.63) is 52.3 Å². The van der Waals surface area contributed by atoms with Gasteiger partial charge >= 0.3 is 0 Å². The van der Waals surface area contributed by atoms with Crippen molar-refractivity contribution in [2.24, 2.45) is 0 Å². The predicted octanol–water partition coefficient (Wildman–Crippen LogP) is 3.16. The van der Waals surface area contributed by atoms with Crippen LogP contribution in [0.2, 0.25) is 5.02 Å². The Morgan fingerprint density at radius 3 is 2.79 bits per heavy atom. The maximum atomic E-state index is 13.9. The number of fused-ring (bicyclic) bond motifs is 1. The van der Waals surface area contributed by atoms with Gasteiger partial charge in [0.2, 0.25) is 11.8 Å². The molecule has 1 aromatic carbocycles. The summed E-state index contributed by atoms with van der Waals surface area (Å²) in [6.45, 7) is 5.75. The first-order valence-electron chi connectivity index (χ1n) is 10.2. The molecular formula is C22H27ClN4O2. The Labute approximate surface area is 176 Å². The summed E-state index contributed by atoms with van der Waals surface area (Å²) in [5.74, 6) is 0.149. The summed E-state index contributed by atoms with van der Waals surface area (Å²) in [5.41, 5.74) is 2.12. The van der Waals surface area contributed by atoms with Crippen molar-refractivity contribution in [2.75, 3.05) is 13.6 Å². The van der Waals surface area contributed by atoms with Gasteiger partial charge < -0.3 is 9.80 Å². The molecule has 4 rings (SSSR count). The zero-order chi connectivity index (χ0) is 20.8. The van der Waals surface area contributed by atoms with Crippen molar-refractivity contribution in [3.8, 4) is 0 Å². The van der Waals surface area contributed by atoms with E-state index in [4.69, 9.17) is 11.6 Å². The number of carbonyl (C=O) groups excluding carboxylic acids is 2. The molecular weight excluding hydrogens is 388 g/mol. The van der Waals surface area contributed by atoms with Crippen LogP contribution in [0.3, 0.4) is 0 Å². The van der Waals surface area contributed by atoms with Crippen LogP contribution in [0.15, 0.2) is 30.5 Å². The van der Waals surface area contributed by atoms with Crippen LogP contribution in [0.5, 0.6) is 0 Å². The van der Waals surface area contributed by atoms with E-state index in [1.54, 1.807) is 4.90 Å². The summed E-state index contributed by atoms with van der Waals surface area (Å²) in [6.07, 6.45) is 3.84. The van der Waals surface area contributed by atoms with Crippen LogP contribution in [-0.2, 0) is 28.1 Å². The molecule has 1 aromatic heterocycles. The van der Waals surface area contributed by atoms with E-state index in [-0.39, 0.29) is 17.9 Å². The van der Waals surface area contributed by atoms with Crippen molar-refractivity contribution in [1.29, 1.82) is 0 Å². The van der Waals surface area contributed by atoms with Crippen molar-refractivity contribution in [2.45, 2.75) is 57.7 Å². The zero-order valence-electron chi connectivity index (χ0n) is 17.2. The number of likely N-dealkylation sites (N-methyl/N-ethyl adjacent to an activating group) is 1. The number of benzene rings is 1. The molecule has 2 aliphatic rings. The van der Waals surface area contributed by atoms with E-state index in [1.807, 2.05) is 60.9 Å². The van der Waals surface area contributed by atoms with Crippen LogP contribution in [0.1, 0.15) is 43.0 Å². The molecule has 6 nitrogen and oxygen atoms in total. The molecule has 2 aliphatic heterocycles. The third-order valence-electron chi connectivity index (χ3n) is 6.53. The summed E-state index contributed by atoms with van der Waals surface area (Å²) in [5, 5.41) is 4.98. The van der Waals surface area contributed by atoms with Gasteiger partial charge in [-0.05, 0) is 38.3 Å². The molecule has 0 saturated carbocycles. The van der Waals surface area contributed by atoms with Gasteiger partial charge in [-0.3, -0.25) is 14.3 Å². The highest BCUT2D eigenvalue weighted by molar-refractivity contribution is 6.31. The van der Waals surface area contributed by atoms with Crippen LogP contribution in [0.25, 0.3) is 0 Å². The standard InChI is InChI=1S/C22H27ClN4O2/c1-4-27-15(2)16(12-24-27)13-25(3)21(29)22(18-7-5-6-8-19(18)23)11-17-9-10-20(28)26(17)14-22/h5-8,12,17H,4,9-11,13-14H2,1-3H3/t17-,22-/m0/s1. The van der Waals surface area contributed by atoms with Crippen molar-refractivity contribution in [3.63, 3.8) is 0 Å². The molecule has 0 bridgehead atoms. The van der Waals surface area contributed by atoms with E-state index in [9.17, 15) is 9.59 Å². The van der Waals surface area contributed by atoms with Crippen molar-refractivity contribution in [1.82, 2.24) is 19.6 Å². The molecule has 2 atom stereocenters. The molecule has 0 N–H and O–H groups in total. The lowest BCUT2D eigenvalue weighted by Crippen LogP contribution is -2.47. The topological polar surface area (TPSA) is 58.4 Å². The fourth-order valence-corrected chi connectivity index (χ4v) is 5.26. The summed E-state index contributed by atoms with van der Waals surface area (Å²) < 4.78 is 1.93. The van der Waals surface area contributed by atoms with Crippen LogP contribution in [0, 0.1) is 6.92 Å². The molecule has 3 heterocycles. The molecule has 2 amide bonds. The van der Waals surface area contributed by atoms with Gasteiger partial charge in [-0.25, -0.2) is 0 Å². The van der Waals surface area contributed by atoms with Gasteiger partial charge in [0.05, 0.1) is 11.6 Å². The lowest BCUT2D eigenvalue weighted by Gasteiger charge is -2.33. The molecule has 7 heteroatoms. The molecule has 29 heavy (non-hydrogen) atoms. The first-order valence-corrected chi connectivity index (χ1v) is 10.6. The van der Waals surface area contributed by atoms with E-state index in [0.717, 1.165) is 29.8 Å². The van der Waals surface area contributed by atoms with Gasteiger partial charge in [-0.1, -0.05) is 29.8 Å². The molecule has 0 unspecified atom stereocenters.